The molecule has 0 aliphatic heterocycles. The number of para-hydroxylation sites is 3. The first-order chi connectivity index (χ1) is 28.8. The second-order valence-corrected chi connectivity index (χ2v) is 15.0. The lowest BCUT2D eigenvalue weighted by Crippen LogP contribution is -2.43. The third kappa shape index (κ3) is 4.69. The number of benzene rings is 9. The number of fused-ring (bicyclic) bond motifs is 9. The average Bonchev–Trinajstić information content (AvgIpc) is 3.94. The summed E-state index contributed by atoms with van der Waals surface area (Å²) in [4.78, 5) is 0. The van der Waals surface area contributed by atoms with Crippen LogP contribution in [0.15, 0.2) is 218 Å². The molecule has 0 saturated carbocycles. The molecule has 0 aliphatic carbocycles. The summed E-state index contributed by atoms with van der Waals surface area (Å²) in [6.07, 6.45) is 0. The molecule has 3 aromatic heterocycles. The summed E-state index contributed by atoms with van der Waals surface area (Å²) in [5.74, 6) is 0. The van der Waals surface area contributed by atoms with Gasteiger partial charge in [0.15, 0.2) is 0 Å². The Bertz CT molecular complexity index is 3130. The Hall–Kier alpha value is -7.82. The molecule has 12 aromatic rings. The van der Waals surface area contributed by atoms with Crippen LogP contribution in [-0.4, -0.2) is 14.0 Å². The van der Waals surface area contributed by atoms with Crippen LogP contribution in [0.5, 0.6) is 0 Å². The normalized spacial score (nSPS) is 11.8. The Balaban J connectivity index is 1.30. The fourth-order valence-electron chi connectivity index (χ4n) is 9.42. The van der Waals surface area contributed by atoms with Gasteiger partial charge in [-0.15, -0.1) is 5.23 Å². The molecule has 0 saturated heterocycles. The van der Waals surface area contributed by atoms with E-state index in [1.165, 1.54) is 65.7 Å². The van der Waals surface area contributed by atoms with E-state index in [9.17, 15) is 0 Å². The topological polar surface area (TPSA) is 18.0 Å². The van der Waals surface area contributed by atoms with Crippen molar-refractivity contribution in [1.82, 2.24) is 14.0 Å². The van der Waals surface area contributed by atoms with Crippen molar-refractivity contribution < 1.29 is 0 Å². The Morgan fingerprint density at radius 3 is 0.793 bits per heavy atom. The largest absolute Gasteiger partial charge is 0.218 e. The van der Waals surface area contributed by atoms with Gasteiger partial charge in [-0.25, -0.2) is 14.0 Å². The maximum Gasteiger partial charge on any atom is 0.0753 e. The third-order valence-electron chi connectivity index (χ3n) is 11.8. The highest BCUT2D eigenvalue weighted by Gasteiger charge is 2.28. The Labute approximate surface area is 335 Å². The maximum absolute atomic E-state index is 2.44. The molecule has 0 spiro atoms. The number of rotatable bonds is 6. The lowest BCUT2D eigenvalue weighted by atomic mass is 9.99. The standard InChI is InChI=1S/C54H36N4/c1-4-19-37(20-5-1)40-28-16-34-49-52(40)43-25-10-13-31-46(43)55(49)58(56-47-32-14-11-26-44(47)53-41(29-17-35-50(53)56)38-21-6-2-7-22-38)57-48-33-15-12-27-45(48)54-42(30-18-36-51(54)57)39-23-8-3-9-24-39/h1-36H. The van der Waals surface area contributed by atoms with E-state index < -0.39 is 0 Å². The van der Waals surface area contributed by atoms with E-state index in [-0.39, 0.29) is 0 Å². The molecular weight excluding hydrogens is 705 g/mol. The molecule has 0 bridgehead atoms. The van der Waals surface area contributed by atoms with Gasteiger partial charge in [0.1, 0.15) is 0 Å². The second-order valence-electron chi connectivity index (χ2n) is 15.0. The van der Waals surface area contributed by atoms with E-state index in [0.717, 1.165) is 33.1 Å². The van der Waals surface area contributed by atoms with Gasteiger partial charge in [0.25, 0.3) is 0 Å². The van der Waals surface area contributed by atoms with Crippen molar-refractivity contribution in [2.75, 3.05) is 5.23 Å². The summed E-state index contributed by atoms with van der Waals surface area (Å²) in [6.45, 7) is 0. The summed E-state index contributed by atoms with van der Waals surface area (Å²) in [6, 6.07) is 79.2. The molecule has 0 fully saturated rings. The van der Waals surface area contributed by atoms with Gasteiger partial charge in [-0.3, -0.25) is 0 Å². The number of hydrogen-bond acceptors (Lipinski definition) is 1. The first-order valence-corrected chi connectivity index (χ1v) is 19.9. The molecular formula is C54H36N4. The highest BCUT2D eigenvalue weighted by atomic mass is 15.9. The van der Waals surface area contributed by atoms with Crippen LogP contribution >= 0.6 is 0 Å². The summed E-state index contributed by atoms with van der Waals surface area (Å²) < 4.78 is 7.33. The van der Waals surface area contributed by atoms with Crippen LogP contribution in [0.25, 0.3) is 98.8 Å². The monoisotopic (exact) mass is 740 g/mol. The fraction of sp³-hybridized carbons (Fsp3) is 0. The zero-order valence-electron chi connectivity index (χ0n) is 31.6. The van der Waals surface area contributed by atoms with Crippen molar-refractivity contribution in [3.05, 3.63) is 218 Å². The van der Waals surface area contributed by atoms with Crippen molar-refractivity contribution in [1.29, 1.82) is 0 Å². The SMILES string of the molecule is c1ccc(-c2cccc3c2c2ccccc2n3N(n2c3ccccc3c3c(-c4ccccc4)cccc32)n2c3ccccc3c3c(-c4ccccc4)cccc32)cc1. The van der Waals surface area contributed by atoms with Crippen molar-refractivity contribution in [2.45, 2.75) is 0 Å². The minimum absolute atomic E-state index is 1.11. The molecule has 0 amide bonds. The lowest BCUT2D eigenvalue weighted by Gasteiger charge is -2.32. The maximum atomic E-state index is 2.44. The minimum Gasteiger partial charge on any atom is -0.218 e. The van der Waals surface area contributed by atoms with Crippen LogP contribution in [0, 0.1) is 0 Å². The van der Waals surface area contributed by atoms with Crippen LogP contribution in [-0.2, 0) is 0 Å². The highest BCUT2D eigenvalue weighted by molar-refractivity contribution is 6.18. The molecule has 272 valence electrons. The zero-order valence-corrected chi connectivity index (χ0v) is 31.6. The molecule has 4 heteroatoms. The molecule has 0 unspecified atom stereocenters. The zero-order chi connectivity index (χ0) is 38.2. The van der Waals surface area contributed by atoms with Gasteiger partial charge in [-0.1, -0.05) is 182 Å². The Morgan fingerprint density at radius 1 is 0.224 bits per heavy atom. The first kappa shape index (κ1) is 32.4. The van der Waals surface area contributed by atoms with E-state index in [1.807, 2.05) is 0 Å². The van der Waals surface area contributed by atoms with Crippen LogP contribution in [0.4, 0.5) is 0 Å². The molecule has 58 heavy (non-hydrogen) atoms. The summed E-state index contributed by atoms with van der Waals surface area (Å²) in [5, 5.41) is 9.64. The Kier molecular flexibility index (Phi) is 7.20. The molecule has 9 aromatic carbocycles. The molecule has 0 N–H and O–H groups in total. The van der Waals surface area contributed by atoms with Crippen LogP contribution < -0.4 is 5.23 Å². The summed E-state index contributed by atoms with van der Waals surface area (Å²) >= 11 is 0. The fourth-order valence-corrected chi connectivity index (χ4v) is 9.42. The van der Waals surface area contributed by atoms with Crippen molar-refractivity contribution in [2.24, 2.45) is 0 Å². The van der Waals surface area contributed by atoms with Crippen LogP contribution in [0.2, 0.25) is 0 Å². The third-order valence-corrected chi connectivity index (χ3v) is 11.8. The lowest BCUT2D eigenvalue weighted by molar-refractivity contribution is 0.513. The van der Waals surface area contributed by atoms with E-state index in [1.54, 1.807) is 0 Å². The predicted octanol–water partition coefficient (Wildman–Crippen LogP) is 13.9. The second kappa shape index (κ2) is 12.9. The first-order valence-electron chi connectivity index (χ1n) is 19.9. The molecule has 0 radical (unpaired) electrons. The molecule has 0 atom stereocenters. The van der Waals surface area contributed by atoms with Gasteiger partial charge >= 0.3 is 0 Å². The number of nitrogens with zero attached hydrogens (tertiary/aromatic N) is 4. The molecule has 4 nitrogen and oxygen atoms in total. The molecule has 0 aliphatic rings. The Morgan fingerprint density at radius 2 is 0.483 bits per heavy atom. The molecule has 12 rings (SSSR count). The van der Waals surface area contributed by atoms with Crippen LogP contribution in [0.3, 0.4) is 0 Å². The minimum atomic E-state index is 1.11. The van der Waals surface area contributed by atoms with Crippen LogP contribution in [0.1, 0.15) is 0 Å². The van der Waals surface area contributed by atoms with E-state index >= 15 is 0 Å². The van der Waals surface area contributed by atoms with Gasteiger partial charge in [0.05, 0.1) is 33.1 Å². The number of hydrogen-bond donors (Lipinski definition) is 0. The summed E-state index contributed by atoms with van der Waals surface area (Å²) in [5.41, 5.74) is 13.8. The summed E-state index contributed by atoms with van der Waals surface area (Å²) in [7, 11) is 0. The van der Waals surface area contributed by atoms with Gasteiger partial charge in [0.2, 0.25) is 0 Å². The predicted molar refractivity (Wildman–Crippen MR) is 244 cm³/mol. The van der Waals surface area contributed by atoms with E-state index in [0.29, 0.717) is 0 Å². The van der Waals surface area contributed by atoms with Gasteiger partial charge < -0.3 is 0 Å². The van der Waals surface area contributed by atoms with Crippen molar-refractivity contribution >= 4 is 65.4 Å². The van der Waals surface area contributed by atoms with Gasteiger partial charge in [-0.2, -0.15) is 0 Å². The van der Waals surface area contributed by atoms with E-state index in [4.69, 9.17) is 0 Å². The average molecular weight is 741 g/mol. The smallest absolute Gasteiger partial charge is 0.0753 e. The van der Waals surface area contributed by atoms with Gasteiger partial charge in [-0.05, 0) is 69.8 Å². The van der Waals surface area contributed by atoms with Crippen molar-refractivity contribution in [3.63, 3.8) is 0 Å². The van der Waals surface area contributed by atoms with E-state index in [2.05, 4.69) is 238 Å². The van der Waals surface area contributed by atoms with Crippen molar-refractivity contribution in [3.8, 4) is 33.4 Å². The number of aromatic nitrogens is 3. The molecule has 3 heterocycles. The highest BCUT2D eigenvalue weighted by Crippen LogP contribution is 2.43. The quantitative estimate of drug-likeness (QED) is 0.166. The van der Waals surface area contributed by atoms with Gasteiger partial charge in [0, 0.05) is 32.3 Å².